The Labute approximate surface area is 106 Å². The van der Waals surface area contributed by atoms with E-state index in [9.17, 15) is 0 Å². The molecule has 1 aliphatic rings. The number of hydrogen-bond donors (Lipinski definition) is 1. The minimum atomic E-state index is 0.477. The fourth-order valence-electron chi connectivity index (χ4n) is 3.03. The summed E-state index contributed by atoms with van der Waals surface area (Å²) < 4.78 is 0. The molecule has 0 saturated heterocycles. The van der Waals surface area contributed by atoms with Crippen LogP contribution in [0, 0.1) is 19.8 Å². The largest absolute Gasteiger partial charge is 0.307 e. The molecule has 1 saturated carbocycles. The van der Waals surface area contributed by atoms with Gasteiger partial charge in [-0.25, -0.2) is 0 Å². The van der Waals surface area contributed by atoms with Gasteiger partial charge in [0, 0.05) is 12.1 Å². The lowest BCUT2D eigenvalue weighted by Crippen LogP contribution is -2.29. The van der Waals surface area contributed by atoms with Crippen molar-refractivity contribution in [2.45, 2.75) is 59.0 Å². The average molecular weight is 231 g/mol. The minimum Gasteiger partial charge on any atom is -0.307 e. The molecule has 0 spiro atoms. The third kappa shape index (κ3) is 3.10. The van der Waals surface area contributed by atoms with E-state index in [1.165, 1.54) is 36.0 Å². The van der Waals surface area contributed by atoms with Gasteiger partial charge in [0.15, 0.2) is 0 Å². The number of benzene rings is 1. The van der Waals surface area contributed by atoms with Gasteiger partial charge < -0.3 is 5.32 Å². The fraction of sp³-hybridized carbons (Fsp3) is 0.625. The van der Waals surface area contributed by atoms with E-state index in [1.807, 2.05) is 0 Å². The molecule has 1 nitrogen and oxygen atoms in total. The monoisotopic (exact) mass is 231 g/mol. The predicted octanol–water partition coefficient (Wildman–Crippen LogP) is 4.14. The molecule has 0 bridgehead atoms. The summed E-state index contributed by atoms with van der Waals surface area (Å²) >= 11 is 0. The van der Waals surface area contributed by atoms with Crippen LogP contribution >= 0.6 is 0 Å². The molecule has 17 heavy (non-hydrogen) atoms. The van der Waals surface area contributed by atoms with Crippen LogP contribution in [0.5, 0.6) is 0 Å². The molecular formula is C16H25N. The molecule has 94 valence electrons. The van der Waals surface area contributed by atoms with Gasteiger partial charge in [0.05, 0.1) is 0 Å². The van der Waals surface area contributed by atoms with E-state index in [-0.39, 0.29) is 0 Å². The second-order valence-electron chi connectivity index (χ2n) is 5.86. The quantitative estimate of drug-likeness (QED) is 0.824. The average Bonchev–Trinajstić information content (AvgIpc) is 2.67. The normalized spacial score (nSPS) is 26.1. The summed E-state index contributed by atoms with van der Waals surface area (Å²) in [7, 11) is 0. The zero-order chi connectivity index (χ0) is 12.4. The van der Waals surface area contributed by atoms with Crippen LogP contribution in [0.2, 0.25) is 0 Å². The van der Waals surface area contributed by atoms with Crippen LogP contribution in [0.3, 0.4) is 0 Å². The van der Waals surface area contributed by atoms with Gasteiger partial charge in [0.1, 0.15) is 0 Å². The summed E-state index contributed by atoms with van der Waals surface area (Å²) in [4.78, 5) is 0. The minimum absolute atomic E-state index is 0.477. The zero-order valence-corrected chi connectivity index (χ0v) is 11.6. The van der Waals surface area contributed by atoms with Gasteiger partial charge >= 0.3 is 0 Å². The van der Waals surface area contributed by atoms with Gasteiger partial charge in [-0.3, -0.25) is 0 Å². The maximum Gasteiger partial charge on any atom is 0.0297 e. The van der Waals surface area contributed by atoms with Crippen LogP contribution in [-0.4, -0.2) is 6.04 Å². The molecule has 1 aromatic carbocycles. The molecule has 1 aliphatic carbocycles. The highest BCUT2D eigenvalue weighted by Gasteiger charge is 2.23. The lowest BCUT2D eigenvalue weighted by atomic mass is 9.99. The fourth-order valence-corrected chi connectivity index (χ4v) is 3.03. The molecule has 0 radical (unpaired) electrons. The smallest absolute Gasteiger partial charge is 0.0297 e. The van der Waals surface area contributed by atoms with Crippen molar-refractivity contribution < 1.29 is 0 Å². The van der Waals surface area contributed by atoms with E-state index in [0.717, 1.165) is 12.0 Å². The first-order valence-electron chi connectivity index (χ1n) is 6.89. The van der Waals surface area contributed by atoms with Gasteiger partial charge in [0.2, 0.25) is 0 Å². The summed E-state index contributed by atoms with van der Waals surface area (Å²) in [6.07, 6.45) is 4.07. The van der Waals surface area contributed by atoms with Crippen LogP contribution < -0.4 is 5.32 Å². The van der Waals surface area contributed by atoms with Gasteiger partial charge in [-0.1, -0.05) is 30.7 Å². The Hall–Kier alpha value is -0.820. The SMILES string of the molecule is Cc1ccc(C)c(C(C)NC2CCC(C)C2)c1. The molecule has 1 aromatic rings. The van der Waals surface area contributed by atoms with Crippen molar-refractivity contribution >= 4 is 0 Å². The molecule has 0 aromatic heterocycles. The summed E-state index contributed by atoms with van der Waals surface area (Å²) in [5, 5.41) is 3.79. The van der Waals surface area contributed by atoms with Crippen molar-refractivity contribution in [3.63, 3.8) is 0 Å². The number of nitrogens with one attached hydrogen (secondary N) is 1. The first-order valence-corrected chi connectivity index (χ1v) is 6.89. The molecule has 0 aliphatic heterocycles. The van der Waals surface area contributed by atoms with E-state index >= 15 is 0 Å². The summed E-state index contributed by atoms with van der Waals surface area (Å²) in [5.74, 6) is 0.901. The van der Waals surface area contributed by atoms with Crippen molar-refractivity contribution in [2.75, 3.05) is 0 Å². The highest BCUT2D eigenvalue weighted by atomic mass is 14.9. The van der Waals surface area contributed by atoms with Crippen molar-refractivity contribution in [3.05, 3.63) is 34.9 Å². The van der Waals surface area contributed by atoms with Crippen LogP contribution in [-0.2, 0) is 0 Å². The summed E-state index contributed by atoms with van der Waals surface area (Å²) in [6.45, 7) is 9.05. The molecule has 0 heterocycles. The Morgan fingerprint density at radius 1 is 1.24 bits per heavy atom. The number of hydrogen-bond acceptors (Lipinski definition) is 1. The van der Waals surface area contributed by atoms with E-state index in [2.05, 4.69) is 51.2 Å². The Morgan fingerprint density at radius 3 is 2.65 bits per heavy atom. The second-order valence-corrected chi connectivity index (χ2v) is 5.86. The van der Waals surface area contributed by atoms with E-state index in [4.69, 9.17) is 0 Å². The standard InChI is InChI=1S/C16H25N/c1-11-6-8-15(9-11)17-14(4)16-10-12(2)5-7-13(16)3/h5,7,10-11,14-15,17H,6,8-9H2,1-4H3. The highest BCUT2D eigenvalue weighted by Crippen LogP contribution is 2.27. The molecule has 3 unspecified atom stereocenters. The zero-order valence-electron chi connectivity index (χ0n) is 11.6. The van der Waals surface area contributed by atoms with Crippen molar-refractivity contribution in [1.29, 1.82) is 0 Å². The van der Waals surface area contributed by atoms with E-state index in [1.54, 1.807) is 0 Å². The first kappa shape index (κ1) is 12.6. The third-order valence-electron chi connectivity index (χ3n) is 4.08. The maximum atomic E-state index is 3.79. The topological polar surface area (TPSA) is 12.0 Å². The van der Waals surface area contributed by atoms with Gasteiger partial charge in [-0.2, -0.15) is 0 Å². The Kier molecular flexibility index (Phi) is 3.88. The molecule has 2 rings (SSSR count). The van der Waals surface area contributed by atoms with Gasteiger partial charge in [0.25, 0.3) is 0 Å². The molecule has 0 amide bonds. The molecule has 1 fully saturated rings. The van der Waals surface area contributed by atoms with Crippen LogP contribution in [0.25, 0.3) is 0 Å². The Balaban J connectivity index is 2.04. The number of rotatable bonds is 3. The van der Waals surface area contributed by atoms with E-state index < -0.39 is 0 Å². The third-order valence-corrected chi connectivity index (χ3v) is 4.08. The van der Waals surface area contributed by atoms with Crippen molar-refractivity contribution in [3.8, 4) is 0 Å². The van der Waals surface area contributed by atoms with Crippen LogP contribution in [0.15, 0.2) is 18.2 Å². The number of aryl methyl sites for hydroxylation is 2. The van der Waals surface area contributed by atoms with Gasteiger partial charge in [-0.05, 0) is 57.1 Å². The van der Waals surface area contributed by atoms with Crippen molar-refractivity contribution in [2.24, 2.45) is 5.92 Å². The molecule has 1 N–H and O–H groups in total. The lowest BCUT2D eigenvalue weighted by Gasteiger charge is -2.22. The predicted molar refractivity (Wildman–Crippen MR) is 74.3 cm³/mol. The molecule has 3 atom stereocenters. The first-order chi connectivity index (χ1) is 8.06. The Bertz CT molecular complexity index is 383. The van der Waals surface area contributed by atoms with Gasteiger partial charge in [-0.15, -0.1) is 0 Å². The van der Waals surface area contributed by atoms with Crippen molar-refractivity contribution in [1.82, 2.24) is 5.32 Å². The van der Waals surface area contributed by atoms with E-state index in [0.29, 0.717) is 6.04 Å². The molecular weight excluding hydrogens is 206 g/mol. The second kappa shape index (κ2) is 5.22. The Morgan fingerprint density at radius 2 is 2.00 bits per heavy atom. The van der Waals surface area contributed by atoms with Crippen LogP contribution in [0.4, 0.5) is 0 Å². The maximum absolute atomic E-state index is 3.79. The van der Waals surface area contributed by atoms with Crippen LogP contribution in [0.1, 0.15) is 55.8 Å². The lowest BCUT2D eigenvalue weighted by molar-refractivity contribution is 0.448. The summed E-state index contributed by atoms with van der Waals surface area (Å²) in [5.41, 5.74) is 4.23. The summed E-state index contributed by atoms with van der Waals surface area (Å²) in [6, 6.07) is 7.96. The molecule has 1 heteroatoms. The highest BCUT2D eigenvalue weighted by molar-refractivity contribution is 5.32.